The number of nitrogen functional groups attached to an aromatic ring is 1. The highest BCUT2D eigenvalue weighted by molar-refractivity contribution is 7.99. The van der Waals surface area contributed by atoms with Gasteiger partial charge in [-0.2, -0.15) is 0 Å². The van der Waals surface area contributed by atoms with Crippen LogP contribution in [0.2, 0.25) is 5.02 Å². The molecule has 0 saturated heterocycles. The number of nitrogens with one attached hydrogen (secondary N) is 1. The van der Waals surface area contributed by atoms with Crippen LogP contribution in [0.3, 0.4) is 0 Å². The second-order valence-electron chi connectivity index (χ2n) is 3.17. The van der Waals surface area contributed by atoms with E-state index in [1.807, 2.05) is 0 Å². The molecule has 0 aliphatic rings. The molecule has 88 valence electrons. The lowest BCUT2D eigenvalue weighted by atomic mass is 10.3. The molecule has 0 fully saturated rings. The number of hydrogen-bond donors (Lipinski definition) is 3. The third kappa shape index (κ3) is 3.59. The Bertz CT molecular complexity index is 387. The zero-order valence-corrected chi connectivity index (χ0v) is 10.3. The number of halogens is 1. The number of carboxylic acid groups (broad SMARTS) is 1. The van der Waals surface area contributed by atoms with E-state index in [9.17, 15) is 4.79 Å². The molecule has 0 amide bonds. The standard InChI is InChI=1S/C10H13ClN2O2S/c1-13-8(10(14)15)5-16-9-4-6(11)2-3-7(9)12/h2-4,8,13H,5,12H2,1H3,(H,14,15)/t8-/m0/s1. The van der Waals surface area contributed by atoms with E-state index in [0.29, 0.717) is 16.5 Å². The molecule has 0 saturated carbocycles. The summed E-state index contributed by atoms with van der Waals surface area (Å²) in [5.74, 6) is -0.480. The van der Waals surface area contributed by atoms with Crippen molar-refractivity contribution in [3.05, 3.63) is 23.2 Å². The van der Waals surface area contributed by atoms with Gasteiger partial charge < -0.3 is 16.2 Å². The Labute approximate surface area is 103 Å². The van der Waals surface area contributed by atoms with Crippen LogP contribution in [0.5, 0.6) is 0 Å². The Balaban J connectivity index is 2.66. The number of likely N-dealkylation sites (N-methyl/N-ethyl adjacent to an activating group) is 1. The van der Waals surface area contributed by atoms with Gasteiger partial charge in [-0.05, 0) is 25.2 Å². The minimum Gasteiger partial charge on any atom is -0.480 e. The zero-order valence-electron chi connectivity index (χ0n) is 8.74. The molecule has 0 radical (unpaired) electrons. The summed E-state index contributed by atoms with van der Waals surface area (Å²) in [6, 6.07) is 4.55. The van der Waals surface area contributed by atoms with Crippen molar-refractivity contribution in [3.63, 3.8) is 0 Å². The summed E-state index contributed by atoms with van der Waals surface area (Å²) in [5, 5.41) is 12.1. The van der Waals surface area contributed by atoms with Crippen LogP contribution < -0.4 is 11.1 Å². The summed E-state index contributed by atoms with van der Waals surface area (Å²) < 4.78 is 0. The van der Waals surface area contributed by atoms with Crippen molar-refractivity contribution < 1.29 is 9.90 Å². The molecule has 0 bridgehead atoms. The first-order chi connectivity index (χ1) is 7.54. The van der Waals surface area contributed by atoms with Crippen molar-refractivity contribution in [2.24, 2.45) is 0 Å². The van der Waals surface area contributed by atoms with Crippen molar-refractivity contribution in [1.82, 2.24) is 5.32 Å². The first kappa shape index (κ1) is 13.2. The molecule has 0 aromatic heterocycles. The number of anilines is 1. The summed E-state index contributed by atoms with van der Waals surface area (Å²) in [6.07, 6.45) is 0. The Hall–Kier alpha value is -0.910. The number of hydrogen-bond acceptors (Lipinski definition) is 4. The summed E-state index contributed by atoms with van der Waals surface area (Å²) in [5.41, 5.74) is 6.35. The molecular weight excluding hydrogens is 248 g/mol. The van der Waals surface area contributed by atoms with Gasteiger partial charge in [0, 0.05) is 21.4 Å². The maximum absolute atomic E-state index is 10.8. The summed E-state index contributed by atoms with van der Waals surface area (Å²) >= 11 is 7.20. The maximum atomic E-state index is 10.8. The molecule has 4 nitrogen and oxygen atoms in total. The third-order valence-electron chi connectivity index (χ3n) is 2.03. The van der Waals surface area contributed by atoms with Crippen LogP contribution >= 0.6 is 23.4 Å². The summed E-state index contributed by atoms with van der Waals surface area (Å²) in [4.78, 5) is 11.6. The molecule has 0 unspecified atom stereocenters. The van der Waals surface area contributed by atoms with Gasteiger partial charge in [0.25, 0.3) is 0 Å². The molecule has 0 heterocycles. The van der Waals surface area contributed by atoms with Crippen molar-refractivity contribution >= 4 is 35.0 Å². The molecule has 0 aliphatic carbocycles. The van der Waals surface area contributed by atoms with Gasteiger partial charge in [-0.3, -0.25) is 4.79 Å². The zero-order chi connectivity index (χ0) is 12.1. The van der Waals surface area contributed by atoms with Gasteiger partial charge in [-0.1, -0.05) is 11.6 Å². The lowest BCUT2D eigenvalue weighted by Gasteiger charge is -2.11. The van der Waals surface area contributed by atoms with Crippen molar-refractivity contribution in [2.45, 2.75) is 10.9 Å². The highest BCUT2D eigenvalue weighted by Gasteiger charge is 2.15. The van der Waals surface area contributed by atoms with Gasteiger partial charge in [0.1, 0.15) is 6.04 Å². The van der Waals surface area contributed by atoms with Crippen LogP contribution in [-0.4, -0.2) is 29.9 Å². The first-order valence-corrected chi connectivity index (χ1v) is 5.99. The van der Waals surface area contributed by atoms with Gasteiger partial charge in [0.15, 0.2) is 0 Å². The quantitative estimate of drug-likeness (QED) is 0.555. The SMILES string of the molecule is CN[C@@H](CSc1cc(Cl)ccc1N)C(=O)O. The lowest BCUT2D eigenvalue weighted by molar-refractivity contribution is -0.138. The van der Waals surface area contributed by atoms with Crippen LogP contribution in [0.15, 0.2) is 23.1 Å². The van der Waals surface area contributed by atoms with Crippen molar-refractivity contribution in [3.8, 4) is 0 Å². The molecule has 0 spiro atoms. The van der Waals surface area contributed by atoms with Crippen molar-refractivity contribution in [2.75, 3.05) is 18.5 Å². The Morgan fingerprint density at radius 1 is 1.69 bits per heavy atom. The average molecular weight is 261 g/mol. The van der Waals surface area contributed by atoms with E-state index >= 15 is 0 Å². The van der Waals surface area contributed by atoms with E-state index in [-0.39, 0.29) is 0 Å². The fraction of sp³-hybridized carbons (Fsp3) is 0.300. The fourth-order valence-electron chi connectivity index (χ4n) is 1.08. The Morgan fingerprint density at radius 3 is 2.94 bits per heavy atom. The third-order valence-corrected chi connectivity index (χ3v) is 3.43. The van der Waals surface area contributed by atoms with E-state index in [1.54, 1.807) is 25.2 Å². The summed E-state index contributed by atoms with van der Waals surface area (Å²) in [6.45, 7) is 0. The summed E-state index contributed by atoms with van der Waals surface area (Å²) in [7, 11) is 1.61. The minimum atomic E-state index is -0.879. The van der Waals surface area contributed by atoms with E-state index in [4.69, 9.17) is 22.4 Å². The number of carboxylic acids is 1. The largest absolute Gasteiger partial charge is 0.480 e. The number of aliphatic carboxylic acids is 1. The van der Waals surface area contributed by atoms with Gasteiger partial charge in [-0.25, -0.2) is 0 Å². The van der Waals surface area contributed by atoms with Crippen LogP contribution in [-0.2, 0) is 4.79 Å². The lowest BCUT2D eigenvalue weighted by Crippen LogP contribution is -2.35. The molecule has 0 aliphatic heterocycles. The monoisotopic (exact) mass is 260 g/mol. The maximum Gasteiger partial charge on any atom is 0.321 e. The van der Waals surface area contributed by atoms with E-state index < -0.39 is 12.0 Å². The fourth-order valence-corrected chi connectivity index (χ4v) is 2.42. The van der Waals surface area contributed by atoms with Gasteiger partial charge >= 0.3 is 5.97 Å². The highest BCUT2D eigenvalue weighted by atomic mass is 35.5. The molecule has 1 atom stereocenters. The van der Waals surface area contributed by atoms with Gasteiger partial charge in [0.2, 0.25) is 0 Å². The Kier molecular flexibility index (Phi) is 4.92. The number of benzene rings is 1. The minimum absolute atomic E-state index is 0.399. The van der Waals surface area contributed by atoms with Gasteiger partial charge in [0.05, 0.1) is 0 Å². The van der Waals surface area contributed by atoms with Crippen LogP contribution in [0.4, 0.5) is 5.69 Å². The number of thioether (sulfide) groups is 1. The normalized spacial score (nSPS) is 12.4. The average Bonchev–Trinajstić information content (AvgIpc) is 2.23. The molecular formula is C10H13ClN2O2S. The molecule has 1 aromatic rings. The molecule has 1 rings (SSSR count). The van der Waals surface area contributed by atoms with Crippen LogP contribution in [0.1, 0.15) is 0 Å². The van der Waals surface area contributed by atoms with E-state index in [0.717, 1.165) is 4.90 Å². The first-order valence-electron chi connectivity index (χ1n) is 4.62. The van der Waals surface area contributed by atoms with E-state index in [1.165, 1.54) is 11.8 Å². The second kappa shape index (κ2) is 5.98. The Morgan fingerprint density at radius 2 is 2.38 bits per heavy atom. The van der Waals surface area contributed by atoms with Gasteiger partial charge in [-0.15, -0.1) is 11.8 Å². The molecule has 1 aromatic carbocycles. The highest BCUT2D eigenvalue weighted by Crippen LogP contribution is 2.28. The number of rotatable bonds is 5. The van der Waals surface area contributed by atoms with Crippen LogP contribution in [0, 0.1) is 0 Å². The van der Waals surface area contributed by atoms with Crippen molar-refractivity contribution in [1.29, 1.82) is 0 Å². The predicted octanol–water partition coefficient (Wildman–Crippen LogP) is 1.69. The smallest absolute Gasteiger partial charge is 0.321 e. The topological polar surface area (TPSA) is 75.3 Å². The number of nitrogens with two attached hydrogens (primary N) is 1. The number of carbonyl (C=O) groups is 1. The van der Waals surface area contributed by atoms with Crippen LogP contribution in [0.25, 0.3) is 0 Å². The van der Waals surface area contributed by atoms with E-state index in [2.05, 4.69) is 5.32 Å². The molecule has 6 heteroatoms. The predicted molar refractivity (Wildman–Crippen MR) is 67.1 cm³/mol. The molecule has 4 N–H and O–H groups in total. The second-order valence-corrected chi connectivity index (χ2v) is 4.67. The molecule has 16 heavy (non-hydrogen) atoms.